The van der Waals surface area contributed by atoms with Gasteiger partial charge in [0.2, 0.25) is 5.91 Å². The normalized spacial score (nSPS) is 36.4. The summed E-state index contributed by atoms with van der Waals surface area (Å²) < 4.78 is 16.4. The molecule has 1 aromatic carbocycles. The maximum atomic E-state index is 14.0. The van der Waals surface area contributed by atoms with Gasteiger partial charge in [-0.3, -0.25) is 4.79 Å². The van der Waals surface area contributed by atoms with Gasteiger partial charge in [-0.2, -0.15) is 0 Å². The highest BCUT2D eigenvalue weighted by molar-refractivity contribution is 5.93. The molecular formula is C25H28FN3O. The molecule has 2 aromatic rings. The van der Waals surface area contributed by atoms with E-state index < -0.39 is 0 Å². The van der Waals surface area contributed by atoms with Gasteiger partial charge in [0.05, 0.1) is 5.69 Å². The molecule has 7 atom stereocenters. The first-order chi connectivity index (χ1) is 14.7. The number of para-hydroxylation sites is 1. The predicted octanol–water partition coefficient (Wildman–Crippen LogP) is 5.31. The molecule has 3 aliphatic carbocycles. The lowest BCUT2D eigenvalue weighted by molar-refractivity contribution is -0.122. The molecule has 156 valence electrons. The van der Waals surface area contributed by atoms with Gasteiger partial charge in [0, 0.05) is 30.3 Å². The Morgan fingerprint density at radius 3 is 2.67 bits per heavy atom. The first kappa shape index (κ1) is 18.3. The highest BCUT2D eigenvalue weighted by Crippen LogP contribution is 2.58. The maximum Gasteiger partial charge on any atom is 0.227 e. The van der Waals surface area contributed by atoms with E-state index in [4.69, 9.17) is 0 Å². The Morgan fingerprint density at radius 2 is 1.77 bits per heavy atom. The van der Waals surface area contributed by atoms with Crippen LogP contribution in [0.1, 0.15) is 50.4 Å². The summed E-state index contributed by atoms with van der Waals surface area (Å²) in [6.07, 6.45) is 15.5. The molecule has 2 heterocycles. The summed E-state index contributed by atoms with van der Waals surface area (Å²) in [5.74, 6) is 3.88. The van der Waals surface area contributed by atoms with Gasteiger partial charge >= 0.3 is 0 Å². The molecule has 0 spiro atoms. The molecular weight excluding hydrogens is 377 g/mol. The van der Waals surface area contributed by atoms with E-state index in [0.29, 0.717) is 41.3 Å². The molecule has 1 amide bonds. The lowest BCUT2D eigenvalue weighted by Gasteiger charge is -2.51. The molecule has 1 unspecified atom stereocenters. The Bertz CT molecular complexity index is 998. The maximum absolute atomic E-state index is 14.0. The number of benzene rings is 1. The topological polar surface area (TPSA) is 46.9 Å². The number of allylic oxidation sites excluding steroid dienone is 1. The van der Waals surface area contributed by atoms with Crippen molar-refractivity contribution < 1.29 is 9.18 Å². The van der Waals surface area contributed by atoms with Gasteiger partial charge in [-0.05, 0) is 80.4 Å². The van der Waals surface area contributed by atoms with Crippen LogP contribution in [0.4, 0.5) is 10.1 Å². The summed E-state index contributed by atoms with van der Waals surface area (Å²) in [7, 11) is 0. The standard InChI is InChI=1S/C25H28FN3O/c26-21-3-1-2-4-22(21)28-25(30)20-8-7-15-16-9-11-23-19(17(16)5-6-18(15)20)10-12-24-27-13-14-29(23)24/h1-4,10,12-20,23H,5-9,11H2,(H,28,30)/t15-,16-,17-,18-,19+,20+,23?/m0/s1. The van der Waals surface area contributed by atoms with Gasteiger partial charge in [-0.15, -0.1) is 0 Å². The van der Waals surface area contributed by atoms with Crippen LogP contribution in [-0.2, 0) is 4.79 Å². The number of hydrogen-bond donors (Lipinski definition) is 1. The van der Waals surface area contributed by atoms with Gasteiger partial charge in [0.15, 0.2) is 0 Å². The molecule has 3 saturated carbocycles. The largest absolute Gasteiger partial charge is 0.328 e. The van der Waals surface area contributed by atoms with Crippen molar-refractivity contribution in [1.82, 2.24) is 9.55 Å². The van der Waals surface area contributed by atoms with Crippen molar-refractivity contribution in [1.29, 1.82) is 0 Å². The van der Waals surface area contributed by atoms with Crippen LogP contribution >= 0.6 is 0 Å². The lowest BCUT2D eigenvalue weighted by Crippen LogP contribution is -2.44. The number of imidazole rings is 1. The number of anilines is 1. The van der Waals surface area contributed by atoms with Gasteiger partial charge in [-0.1, -0.05) is 18.2 Å². The van der Waals surface area contributed by atoms with E-state index in [1.807, 2.05) is 6.20 Å². The number of aromatic nitrogens is 2. The fourth-order valence-electron chi connectivity index (χ4n) is 7.35. The third-order valence-electron chi connectivity index (χ3n) is 8.54. The van der Waals surface area contributed by atoms with Gasteiger partial charge < -0.3 is 9.88 Å². The number of hydrogen-bond acceptors (Lipinski definition) is 2. The van der Waals surface area contributed by atoms with E-state index in [1.165, 1.54) is 25.3 Å². The van der Waals surface area contributed by atoms with E-state index in [0.717, 1.165) is 25.1 Å². The van der Waals surface area contributed by atoms with Crippen LogP contribution in [0.5, 0.6) is 0 Å². The van der Waals surface area contributed by atoms with Crippen LogP contribution in [0.3, 0.4) is 0 Å². The van der Waals surface area contributed by atoms with Crippen molar-refractivity contribution in [2.75, 3.05) is 5.32 Å². The molecule has 1 aliphatic heterocycles. The van der Waals surface area contributed by atoms with Crippen molar-refractivity contribution in [3.8, 4) is 0 Å². The van der Waals surface area contributed by atoms with Gasteiger partial charge in [0.1, 0.15) is 11.6 Å². The zero-order valence-electron chi connectivity index (χ0n) is 17.1. The molecule has 30 heavy (non-hydrogen) atoms. The Morgan fingerprint density at radius 1 is 1.00 bits per heavy atom. The minimum Gasteiger partial charge on any atom is -0.328 e. The molecule has 0 bridgehead atoms. The zero-order valence-corrected chi connectivity index (χ0v) is 17.1. The van der Waals surface area contributed by atoms with Crippen molar-refractivity contribution in [2.24, 2.45) is 35.5 Å². The molecule has 5 heteroatoms. The molecule has 4 aliphatic rings. The van der Waals surface area contributed by atoms with Crippen molar-refractivity contribution >= 4 is 17.7 Å². The zero-order chi connectivity index (χ0) is 20.2. The van der Waals surface area contributed by atoms with Crippen LogP contribution in [0.2, 0.25) is 0 Å². The van der Waals surface area contributed by atoms with Gasteiger partial charge in [-0.25, -0.2) is 9.37 Å². The average Bonchev–Trinajstić information content (AvgIpc) is 3.42. The summed E-state index contributed by atoms with van der Waals surface area (Å²) in [4.78, 5) is 17.5. The Labute approximate surface area is 176 Å². The fraction of sp³-hybridized carbons (Fsp3) is 0.520. The van der Waals surface area contributed by atoms with Crippen LogP contribution in [0.25, 0.3) is 6.08 Å². The highest BCUT2D eigenvalue weighted by atomic mass is 19.1. The molecule has 0 saturated heterocycles. The third kappa shape index (κ3) is 2.78. The van der Waals surface area contributed by atoms with Crippen molar-refractivity contribution in [3.63, 3.8) is 0 Å². The second-order valence-corrected chi connectivity index (χ2v) is 9.66. The van der Waals surface area contributed by atoms with Crippen LogP contribution in [-0.4, -0.2) is 15.5 Å². The number of amides is 1. The summed E-state index contributed by atoms with van der Waals surface area (Å²) in [6, 6.07) is 7.02. The Balaban J connectivity index is 1.19. The highest BCUT2D eigenvalue weighted by Gasteiger charge is 2.52. The second-order valence-electron chi connectivity index (χ2n) is 9.66. The number of nitrogens with one attached hydrogen (secondary N) is 1. The van der Waals surface area contributed by atoms with Crippen LogP contribution < -0.4 is 5.32 Å². The number of carbonyl (C=O) groups excluding carboxylic acids is 1. The molecule has 1 aromatic heterocycles. The fourth-order valence-corrected chi connectivity index (χ4v) is 7.35. The van der Waals surface area contributed by atoms with E-state index in [9.17, 15) is 9.18 Å². The van der Waals surface area contributed by atoms with E-state index in [-0.39, 0.29) is 17.6 Å². The first-order valence-corrected chi connectivity index (χ1v) is 11.5. The molecule has 0 radical (unpaired) electrons. The lowest BCUT2D eigenvalue weighted by atomic mass is 9.56. The SMILES string of the molecule is O=C(Nc1ccccc1F)[C@@H]1CC[C@H]2[C@@H]3CCC4[C@H](C=Cc5nccn54)[C@H]3CC[C@@H]21. The summed E-state index contributed by atoms with van der Waals surface area (Å²) in [5.41, 5.74) is 0.309. The Kier molecular flexibility index (Phi) is 4.32. The van der Waals surface area contributed by atoms with Gasteiger partial charge in [0.25, 0.3) is 0 Å². The number of carbonyl (C=O) groups is 1. The van der Waals surface area contributed by atoms with Crippen LogP contribution in [0.15, 0.2) is 42.7 Å². The number of fused-ring (bicyclic) bond motifs is 7. The average molecular weight is 406 g/mol. The van der Waals surface area contributed by atoms with Crippen molar-refractivity contribution in [2.45, 2.75) is 44.6 Å². The molecule has 4 nitrogen and oxygen atoms in total. The number of halogens is 1. The van der Waals surface area contributed by atoms with E-state index in [1.54, 1.807) is 18.2 Å². The monoisotopic (exact) mass is 405 g/mol. The van der Waals surface area contributed by atoms with Crippen molar-refractivity contribution in [3.05, 3.63) is 54.4 Å². The summed E-state index contributed by atoms with van der Waals surface area (Å²) in [6.45, 7) is 0. The molecule has 1 N–H and O–H groups in total. The first-order valence-electron chi connectivity index (χ1n) is 11.5. The van der Waals surface area contributed by atoms with E-state index in [2.05, 4.69) is 33.2 Å². The van der Waals surface area contributed by atoms with E-state index >= 15 is 0 Å². The minimum atomic E-state index is -0.356. The van der Waals surface area contributed by atoms with Crippen LogP contribution in [0, 0.1) is 41.3 Å². The predicted molar refractivity (Wildman–Crippen MR) is 114 cm³/mol. The summed E-state index contributed by atoms with van der Waals surface area (Å²) >= 11 is 0. The molecule has 6 rings (SSSR count). The number of rotatable bonds is 2. The Hall–Kier alpha value is -2.43. The summed E-state index contributed by atoms with van der Waals surface area (Å²) in [5, 5.41) is 2.88. The quantitative estimate of drug-likeness (QED) is 0.736. The minimum absolute atomic E-state index is 0.0142. The second kappa shape index (κ2) is 7.07. The number of nitrogens with zero attached hydrogens (tertiary/aromatic N) is 2. The smallest absolute Gasteiger partial charge is 0.227 e. The molecule has 3 fully saturated rings. The third-order valence-corrected chi connectivity index (χ3v) is 8.54.